The average molecular weight is 283 g/mol. The van der Waals surface area contributed by atoms with Crippen molar-refractivity contribution in [1.29, 1.82) is 0 Å². The first-order valence-corrected chi connectivity index (χ1v) is 8.02. The Bertz CT molecular complexity index is 311. The van der Waals surface area contributed by atoms with Crippen LogP contribution in [0.1, 0.15) is 38.5 Å². The highest BCUT2D eigenvalue weighted by Crippen LogP contribution is 2.32. The summed E-state index contributed by atoms with van der Waals surface area (Å²) in [7, 11) is -3.01. The van der Waals surface area contributed by atoms with Gasteiger partial charge in [-0.1, -0.05) is 12.8 Å². The molecule has 1 aliphatic carbocycles. The fourth-order valence-corrected chi connectivity index (χ4v) is 3.41. The van der Waals surface area contributed by atoms with Crippen molar-refractivity contribution in [2.45, 2.75) is 44.6 Å². The molecule has 0 aromatic rings. The first kappa shape index (κ1) is 15.2. The predicted octanol–water partition coefficient (Wildman–Crippen LogP) is 1.27. The summed E-state index contributed by atoms with van der Waals surface area (Å²) in [5.74, 6) is 1.00. The van der Waals surface area contributed by atoms with Gasteiger partial charge in [0.05, 0.1) is 5.75 Å². The van der Waals surface area contributed by atoms with Crippen molar-refractivity contribution in [3.8, 4) is 0 Å². The number of halogens is 1. The average Bonchev–Trinajstić information content (AvgIpc) is 2.93. The van der Waals surface area contributed by atoms with Crippen molar-refractivity contribution < 1.29 is 8.42 Å². The van der Waals surface area contributed by atoms with Gasteiger partial charge in [0.25, 0.3) is 0 Å². The molecule has 2 N–H and O–H groups in total. The van der Waals surface area contributed by atoms with Gasteiger partial charge < -0.3 is 5.32 Å². The standard InChI is InChI=1S/C11H22N2O2S.ClH/c14-16(15,9-6-10-3-4-10)13-8-5-11-2-1-7-12-11;/h10-13H,1-9H2;1H/t11-;/m1./s1. The highest BCUT2D eigenvalue weighted by atomic mass is 35.5. The number of hydrogen-bond acceptors (Lipinski definition) is 3. The Labute approximate surface area is 110 Å². The summed E-state index contributed by atoms with van der Waals surface area (Å²) in [6.07, 6.45) is 6.62. The normalized spacial score (nSPS) is 24.6. The molecule has 1 heterocycles. The van der Waals surface area contributed by atoms with Gasteiger partial charge in [-0.25, -0.2) is 13.1 Å². The highest BCUT2D eigenvalue weighted by Gasteiger charge is 2.24. The third kappa shape index (κ3) is 6.04. The third-order valence-electron chi connectivity index (χ3n) is 3.47. The molecule has 0 bridgehead atoms. The maximum atomic E-state index is 11.6. The zero-order valence-corrected chi connectivity index (χ0v) is 11.8. The van der Waals surface area contributed by atoms with Crippen molar-refractivity contribution in [3.05, 3.63) is 0 Å². The molecule has 2 rings (SSSR count). The Morgan fingerprint density at radius 3 is 2.53 bits per heavy atom. The second kappa shape index (κ2) is 6.92. The van der Waals surface area contributed by atoms with Gasteiger partial charge in [0.15, 0.2) is 0 Å². The van der Waals surface area contributed by atoms with Gasteiger partial charge in [-0.05, 0) is 38.1 Å². The summed E-state index contributed by atoms with van der Waals surface area (Å²) in [6.45, 7) is 1.67. The lowest BCUT2D eigenvalue weighted by molar-refractivity contribution is 0.537. The number of nitrogens with one attached hydrogen (secondary N) is 2. The molecule has 0 aromatic carbocycles. The Morgan fingerprint density at radius 1 is 1.18 bits per heavy atom. The smallest absolute Gasteiger partial charge is 0.211 e. The first-order valence-electron chi connectivity index (χ1n) is 6.36. The van der Waals surface area contributed by atoms with E-state index in [4.69, 9.17) is 0 Å². The van der Waals surface area contributed by atoms with E-state index in [1.807, 2.05) is 0 Å². The summed E-state index contributed by atoms with van der Waals surface area (Å²) in [5.41, 5.74) is 0. The van der Waals surface area contributed by atoms with Gasteiger partial charge in [0.1, 0.15) is 0 Å². The van der Waals surface area contributed by atoms with Crippen LogP contribution in [-0.2, 0) is 10.0 Å². The van der Waals surface area contributed by atoms with Gasteiger partial charge in [-0.15, -0.1) is 12.4 Å². The second-order valence-corrected chi connectivity index (χ2v) is 6.95. The minimum absolute atomic E-state index is 0. The summed E-state index contributed by atoms with van der Waals surface area (Å²) in [6, 6.07) is 0.520. The SMILES string of the molecule is Cl.O=S(=O)(CCC1CC1)NCC[C@H]1CCCN1. The summed E-state index contributed by atoms with van der Waals surface area (Å²) < 4.78 is 25.9. The van der Waals surface area contributed by atoms with Crippen LogP contribution >= 0.6 is 12.4 Å². The van der Waals surface area contributed by atoms with E-state index in [1.165, 1.54) is 25.7 Å². The maximum Gasteiger partial charge on any atom is 0.211 e. The molecule has 0 radical (unpaired) electrons. The molecule has 102 valence electrons. The van der Waals surface area contributed by atoms with Crippen LogP contribution in [0.3, 0.4) is 0 Å². The molecule has 1 saturated heterocycles. The van der Waals surface area contributed by atoms with Crippen molar-refractivity contribution >= 4 is 22.4 Å². The molecule has 6 heteroatoms. The van der Waals surface area contributed by atoms with Crippen LogP contribution < -0.4 is 10.0 Å². The van der Waals surface area contributed by atoms with E-state index < -0.39 is 10.0 Å². The third-order valence-corrected chi connectivity index (χ3v) is 4.89. The summed E-state index contributed by atoms with van der Waals surface area (Å²) in [5, 5.41) is 3.37. The molecule has 1 atom stereocenters. The van der Waals surface area contributed by atoms with E-state index >= 15 is 0 Å². The van der Waals surface area contributed by atoms with Gasteiger partial charge in [0, 0.05) is 12.6 Å². The molecular formula is C11H23ClN2O2S. The van der Waals surface area contributed by atoms with Crippen molar-refractivity contribution in [2.75, 3.05) is 18.8 Å². The Kier molecular flexibility index (Phi) is 6.20. The molecule has 0 unspecified atom stereocenters. The fraction of sp³-hybridized carbons (Fsp3) is 1.00. The predicted molar refractivity (Wildman–Crippen MR) is 72.0 cm³/mol. The molecule has 1 aliphatic heterocycles. The molecule has 4 nitrogen and oxygen atoms in total. The van der Waals surface area contributed by atoms with Crippen LogP contribution in [0.4, 0.5) is 0 Å². The van der Waals surface area contributed by atoms with Crippen LogP contribution in [0, 0.1) is 5.92 Å². The monoisotopic (exact) mass is 282 g/mol. The molecule has 2 aliphatic rings. The zero-order chi connectivity index (χ0) is 11.4. The second-order valence-electron chi connectivity index (χ2n) is 5.03. The van der Waals surface area contributed by atoms with Gasteiger partial charge in [0.2, 0.25) is 10.0 Å². The van der Waals surface area contributed by atoms with Crippen LogP contribution in [-0.4, -0.2) is 33.3 Å². The van der Waals surface area contributed by atoms with Crippen LogP contribution in [0.25, 0.3) is 0 Å². The number of rotatable bonds is 7. The Balaban J connectivity index is 0.00000144. The number of hydrogen-bond donors (Lipinski definition) is 2. The lowest BCUT2D eigenvalue weighted by Gasteiger charge is -2.11. The molecular weight excluding hydrogens is 260 g/mol. The van der Waals surface area contributed by atoms with E-state index in [0.29, 0.717) is 24.3 Å². The quantitative estimate of drug-likeness (QED) is 0.739. The Hall–Kier alpha value is 0.160. The number of sulfonamides is 1. The maximum absolute atomic E-state index is 11.6. The molecule has 1 saturated carbocycles. The zero-order valence-electron chi connectivity index (χ0n) is 10.2. The van der Waals surface area contributed by atoms with E-state index in [0.717, 1.165) is 19.4 Å². The fourth-order valence-electron chi connectivity index (χ4n) is 2.19. The van der Waals surface area contributed by atoms with Gasteiger partial charge in [-0.3, -0.25) is 0 Å². The lowest BCUT2D eigenvalue weighted by atomic mass is 10.2. The minimum atomic E-state index is -3.01. The van der Waals surface area contributed by atoms with Crippen molar-refractivity contribution in [1.82, 2.24) is 10.0 Å². The van der Waals surface area contributed by atoms with Crippen molar-refractivity contribution in [2.24, 2.45) is 5.92 Å². The van der Waals surface area contributed by atoms with Gasteiger partial charge in [-0.2, -0.15) is 0 Å². The van der Waals surface area contributed by atoms with E-state index in [2.05, 4.69) is 10.0 Å². The lowest BCUT2D eigenvalue weighted by Crippen LogP contribution is -2.32. The molecule has 2 fully saturated rings. The van der Waals surface area contributed by atoms with Crippen molar-refractivity contribution in [3.63, 3.8) is 0 Å². The molecule has 0 aromatic heterocycles. The molecule has 0 spiro atoms. The summed E-state index contributed by atoms with van der Waals surface area (Å²) >= 11 is 0. The minimum Gasteiger partial charge on any atom is -0.314 e. The van der Waals surface area contributed by atoms with E-state index in [1.54, 1.807) is 0 Å². The molecule has 17 heavy (non-hydrogen) atoms. The first-order chi connectivity index (χ1) is 7.66. The van der Waals surface area contributed by atoms with Crippen LogP contribution in [0.2, 0.25) is 0 Å². The highest BCUT2D eigenvalue weighted by molar-refractivity contribution is 7.89. The van der Waals surface area contributed by atoms with E-state index in [9.17, 15) is 8.42 Å². The van der Waals surface area contributed by atoms with E-state index in [-0.39, 0.29) is 12.4 Å². The largest absolute Gasteiger partial charge is 0.314 e. The van der Waals surface area contributed by atoms with Crippen LogP contribution in [0.5, 0.6) is 0 Å². The van der Waals surface area contributed by atoms with Crippen LogP contribution in [0.15, 0.2) is 0 Å². The van der Waals surface area contributed by atoms with Gasteiger partial charge >= 0.3 is 0 Å². The molecule has 0 amide bonds. The Morgan fingerprint density at radius 2 is 1.94 bits per heavy atom. The topological polar surface area (TPSA) is 58.2 Å². The summed E-state index contributed by atoms with van der Waals surface area (Å²) in [4.78, 5) is 0.